The smallest absolute Gasteiger partial charge is 0.338 e. The zero-order valence-corrected chi connectivity index (χ0v) is 20.4. The number of carbonyl (C=O) groups is 2. The third-order valence-electron chi connectivity index (χ3n) is 4.92. The van der Waals surface area contributed by atoms with Crippen LogP contribution in [-0.4, -0.2) is 38.9 Å². The first-order valence-corrected chi connectivity index (χ1v) is 11.3. The number of hydrogen-bond donors (Lipinski definition) is 2. The maximum Gasteiger partial charge on any atom is 0.338 e. The number of ether oxygens (including phenoxy) is 4. The van der Waals surface area contributed by atoms with E-state index < -0.39 is 18.0 Å². The molecule has 2 aromatic rings. The lowest BCUT2D eigenvalue weighted by molar-refractivity contribution is -0.140. The maximum absolute atomic E-state index is 12.7. The summed E-state index contributed by atoms with van der Waals surface area (Å²) in [7, 11) is 1.53. The van der Waals surface area contributed by atoms with E-state index in [9.17, 15) is 9.59 Å². The summed E-state index contributed by atoms with van der Waals surface area (Å²) in [6.07, 6.45) is 0. The van der Waals surface area contributed by atoms with Gasteiger partial charge in [-0.05, 0) is 49.2 Å². The molecule has 0 spiro atoms. The van der Waals surface area contributed by atoms with Crippen molar-refractivity contribution in [3.8, 4) is 11.5 Å². The number of amides is 2. The highest BCUT2D eigenvalue weighted by atomic mass is 79.9. The predicted octanol–water partition coefficient (Wildman–Crippen LogP) is 4.24. The average molecular weight is 519 g/mol. The van der Waals surface area contributed by atoms with Gasteiger partial charge in [-0.1, -0.05) is 34.1 Å². The molecule has 1 heterocycles. The van der Waals surface area contributed by atoms with Gasteiger partial charge in [-0.3, -0.25) is 0 Å². The van der Waals surface area contributed by atoms with E-state index in [4.69, 9.17) is 18.9 Å². The van der Waals surface area contributed by atoms with Crippen LogP contribution in [0.15, 0.2) is 58.2 Å². The van der Waals surface area contributed by atoms with Crippen molar-refractivity contribution in [1.82, 2.24) is 10.6 Å². The van der Waals surface area contributed by atoms with Crippen LogP contribution in [0.25, 0.3) is 0 Å². The quantitative estimate of drug-likeness (QED) is 0.360. The van der Waals surface area contributed by atoms with Crippen LogP contribution in [0.2, 0.25) is 0 Å². The number of esters is 1. The van der Waals surface area contributed by atoms with Gasteiger partial charge in [0.2, 0.25) is 0 Å². The Hall–Kier alpha value is -3.04. The van der Waals surface area contributed by atoms with Crippen molar-refractivity contribution < 1.29 is 28.5 Å². The summed E-state index contributed by atoms with van der Waals surface area (Å²) in [5, 5.41) is 5.43. The molecule has 2 aromatic carbocycles. The van der Waals surface area contributed by atoms with Crippen molar-refractivity contribution in [3.05, 3.63) is 69.3 Å². The molecule has 0 saturated carbocycles. The van der Waals surface area contributed by atoms with Crippen molar-refractivity contribution in [1.29, 1.82) is 0 Å². The number of urea groups is 1. The molecule has 0 fully saturated rings. The van der Waals surface area contributed by atoms with E-state index in [0.29, 0.717) is 41.5 Å². The van der Waals surface area contributed by atoms with Crippen LogP contribution in [0.4, 0.5) is 4.79 Å². The number of nitrogens with one attached hydrogen (secondary N) is 2. The maximum atomic E-state index is 12.7. The molecule has 1 aliphatic heterocycles. The molecule has 0 aromatic heterocycles. The van der Waals surface area contributed by atoms with Gasteiger partial charge in [0.1, 0.15) is 13.2 Å². The van der Waals surface area contributed by atoms with Gasteiger partial charge in [0.05, 0.1) is 24.8 Å². The largest absolute Gasteiger partial charge is 0.490 e. The van der Waals surface area contributed by atoms with Crippen molar-refractivity contribution in [3.63, 3.8) is 0 Å². The van der Waals surface area contributed by atoms with Crippen molar-refractivity contribution in [2.75, 3.05) is 26.9 Å². The second-order valence-electron chi connectivity index (χ2n) is 7.25. The molecule has 0 saturated heterocycles. The molecule has 0 unspecified atom stereocenters. The first-order valence-electron chi connectivity index (χ1n) is 10.5. The normalized spacial score (nSPS) is 15.5. The van der Waals surface area contributed by atoms with E-state index in [2.05, 4.69) is 26.6 Å². The van der Waals surface area contributed by atoms with Crippen LogP contribution in [0, 0.1) is 0 Å². The Kier molecular flexibility index (Phi) is 8.73. The Morgan fingerprint density at radius 1 is 1.06 bits per heavy atom. The molecule has 176 valence electrons. The standard InChI is InChI=1S/C24H27BrN2O6/c1-4-31-20-13-17(7-10-19(20)33-14-16-5-8-18(25)9-6-16)22-21(15(2)26-24(29)27-22)23(28)32-12-11-30-3/h5-10,13,22H,4,11-12,14H2,1-3H3,(H2,26,27,29)/t22-/m1/s1. The first-order chi connectivity index (χ1) is 15.9. The van der Waals surface area contributed by atoms with E-state index in [1.54, 1.807) is 25.1 Å². The molecule has 3 rings (SSSR count). The van der Waals surface area contributed by atoms with Gasteiger partial charge in [0.25, 0.3) is 0 Å². The van der Waals surface area contributed by atoms with Crippen molar-refractivity contribution in [2.45, 2.75) is 26.5 Å². The van der Waals surface area contributed by atoms with Gasteiger partial charge in [0.15, 0.2) is 11.5 Å². The third kappa shape index (κ3) is 6.49. The highest BCUT2D eigenvalue weighted by Gasteiger charge is 2.32. The molecule has 1 aliphatic rings. The van der Waals surface area contributed by atoms with E-state index >= 15 is 0 Å². The van der Waals surface area contributed by atoms with Crippen LogP contribution in [0.1, 0.15) is 31.0 Å². The molecule has 9 heteroatoms. The Morgan fingerprint density at radius 3 is 2.52 bits per heavy atom. The molecular weight excluding hydrogens is 492 g/mol. The lowest BCUT2D eigenvalue weighted by Crippen LogP contribution is -2.45. The molecule has 0 radical (unpaired) electrons. The number of allylic oxidation sites excluding steroid dienone is 1. The van der Waals surface area contributed by atoms with Gasteiger partial charge in [-0.2, -0.15) is 0 Å². The van der Waals surface area contributed by atoms with Gasteiger partial charge in [-0.15, -0.1) is 0 Å². The summed E-state index contributed by atoms with van der Waals surface area (Å²) >= 11 is 3.42. The van der Waals surface area contributed by atoms with Crippen molar-refractivity contribution in [2.24, 2.45) is 0 Å². The fraction of sp³-hybridized carbons (Fsp3) is 0.333. The van der Waals surface area contributed by atoms with Gasteiger partial charge in [-0.25, -0.2) is 9.59 Å². The summed E-state index contributed by atoms with van der Waals surface area (Å²) in [6.45, 7) is 4.73. The predicted molar refractivity (Wildman–Crippen MR) is 126 cm³/mol. The van der Waals surface area contributed by atoms with E-state index in [1.807, 2.05) is 31.2 Å². The molecule has 8 nitrogen and oxygen atoms in total. The van der Waals surface area contributed by atoms with Crippen LogP contribution in [-0.2, 0) is 20.9 Å². The van der Waals surface area contributed by atoms with Gasteiger partial charge in [0, 0.05) is 17.3 Å². The molecule has 0 bridgehead atoms. The van der Waals surface area contributed by atoms with E-state index in [-0.39, 0.29) is 13.2 Å². The third-order valence-corrected chi connectivity index (χ3v) is 5.45. The van der Waals surface area contributed by atoms with E-state index in [1.165, 1.54) is 7.11 Å². The minimum Gasteiger partial charge on any atom is -0.490 e. The van der Waals surface area contributed by atoms with E-state index in [0.717, 1.165) is 10.0 Å². The Morgan fingerprint density at radius 2 is 1.82 bits per heavy atom. The van der Waals surface area contributed by atoms with Crippen LogP contribution < -0.4 is 20.1 Å². The average Bonchev–Trinajstić information content (AvgIpc) is 2.79. The zero-order valence-electron chi connectivity index (χ0n) is 18.8. The lowest BCUT2D eigenvalue weighted by atomic mass is 9.95. The summed E-state index contributed by atoms with van der Waals surface area (Å²) in [5.41, 5.74) is 2.42. The number of benzene rings is 2. The Bertz CT molecular complexity index is 1020. The molecule has 2 amide bonds. The topological polar surface area (TPSA) is 95.1 Å². The first kappa shape index (κ1) is 24.6. The lowest BCUT2D eigenvalue weighted by Gasteiger charge is -2.28. The number of methoxy groups -OCH3 is 1. The summed E-state index contributed by atoms with van der Waals surface area (Å²) < 4.78 is 23.0. The number of halogens is 1. The molecule has 0 aliphatic carbocycles. The van der Waals surface area contributed by atoms with Gasteiger partial charge < -0.3 is 29.6 Å². The second-order valence-corrected chi connectivity index (χ2v) is 8.17. The van der Waals surface area contributed by atoms with Crippen molar-refractivity contribution >= 4 is 27.9 Å². The minimum absolute atomic E-state index is 0.111. The number of hydrogen-bond acceptors (Lipinski definition) is 6. The number of rotatable bonds is 10. The highest BCUT2D eigenvalue weighted by Crippen LogP contribution is 2.35. The molecular formula is C24H27BrN2O6. The fourth-order valence-electron chi connectivity index (χ4n) is 3.34. The van der Waals surface area contributed by atoms with Crippen LogP contribution >= 0.6 is 15.9 Å². The zero-order chi connectivity index (χ0) is 23.8. The Balaban J connectivity index is 1.85. The van der Waals surface area contributed by atoms with Crippen LogP contribution in [0.3, 0.4) is 0 Å². The summed E-state index contributed by atoms with van der Waals surface area (Å²) in [4.78, 5) is 24.9. The van der Waals surface area contributed by atoms with Gasteiger partial charge >= 0.3 is 12.0 Å². The monoisotopic (exact) mass is 518 g/mol. The SMILES string of the molecule is CCOc1cc([C@H]2NC(=O)NC(C)=C2C(=O)OCCOC)ccc1OCc1ccc(Br)cc1. The number of carbonyl (C=O) groups excluding carboxylic acids is 2. The fourth-order valence-corrected chi connectivity index (χ4v) is 3.61. The Labute approximate surface area is 201 Å². The summed E-state index contributed by atoms with van der Waals surface area (Å²) in [5.74, 6) is 0.550. The highest BCUT2D eigenvalue weighted by molar-refractivity contribution is 9.10. The summed E-state index contributed by atoms with van der Waals surface area (Å²) in [6, 6.07) is 12.1. The minimum atomic E-state index is -0.700. The molecule has 1 atom stereocenters. The molecule has 33 heavy (non-hydrogen) atoms. The van der Waals surface area contributed by atoms with Crippen LogP contribution in [0.5, 0.6) is 11.5 Å². The molecule has 2 N–H and O–H groups in total. The second kappa shape index (κ2) is 11.7.